The lowest BCUT2D eigenvalue weighted by Crippen LogP contribution is -2.14. The molecule has 0 amide bonds. The van der Waals surface area contributed by atoms with Crippen molar-refractivity contribution in [1.82, 2.24) is 4.98 Å². The molecule has 0 saturated carbocycles. The number of sulfonamides is 1. The van der Waals surface area contributed by atoms with Crippen LogP contribution in [-0.2, 0) is 10.0 Å². The molecule has 0 aliphatic carbocycles. The van der Waals surface area contributed by atoms with Crippen LogP contribution in [0.3, 0.4) is 0 Å². The lowest BCUT2D eigenvalue weighted by atomic mass is 10.3. The maximum absolute atomic E-state index is 12.9. The van der Waals surface area contributed by atoms with Gasteiger partial charge < -0.3 is 0 Å². The van der Waals surface area contributed by atoms with E-state index in [4.69, 9.17) is 11.6 Å². The monoisotopic (exact) mass is 412 g/mol. The Morgan fingerprint density at radius 3 is 2.63 bits per heavy atom. The van der Waals surface area contributed by atoms with Crippen LogP contribution in [0.25, 0.3) is 0 Å². The second-order valence-electron chi connectivity index (χ2n) is 3.54. The van der Waals surface area contributed by atoms with E-state index in [-0.39, 0.29) is 10.0 Å². The van der Waals surface area contributed by atoms with Crippen LogP contribution in [0.4, 0.5) is 10.1 Å². The Kier molecular flexibility index (Phi) is 4.26. The summed E-state index contributed by atoms with van der Waals surface area (Å²) in [5, 5.41) is 0.0803. The third kappa shape index (κ3) is 3.54. The second-order valence-corrected chi connectivity index (χ2v) is 6.78. The SMILES string of the molecule is O=S(=O)(Nc1ccc(F)cc1I)c1ccnc(Cl)c1. The van der Waals surface area contributed by atoms with Gasteiger partial charge in [0.2, 0.25) is 0 Å². The molecule has 0 saturated heterocycles. The molecular weight excluding hydrogens is 406 g/mol. The summed E-state index contributed by atoms with van der Waals surface area (Å²) in [4.78, 5) is 3.70. The van der Waals surface area contributed by atoms with Gasteiger partial charge in [-0.3, -0.25) is 4.72 Å². The van der Waals surface area contributed by atoms with Crippen molar-refractivity contribution in [3.8, 4) is 0 Å². The number of pyridine rings is 1. The predicted molar refractivity (Wildman–Crippen MR) is 79.2 cm³/mol. The van der Waals surface area contributed by atoms with Gasteiger partial charge in [-0.2, -0.15) is 0 Å². The number of aromatic nitrogens is 1. The smallest absolute Gasteiger partial charge is 0.262 e. The van der Waals surface area contributed by atoms with Crippen LogP contribution >= 0.6 is 34.2 Å². The fraction of sp³-hybridized carbons (Fsp3) is 0. The highest BCUT2D eigenvalue weighted by Crippen LogP contribution is 2.23. The molecule has 0 aliphatic rings. The van der Waals surface area contributed by atoms with Crippen molar-refractivity contribution in [2.24, 2.45) is 0 Å². The fourth-order valence-corrected chi connectivity index (χ4v) is 3.45. The largest absolute Gasteiger partial charge is 0.279 e. The van der Waals surface area contributed by atoms with E-state index in [0.29, 0.717) is 9.26 Å². The fourth-order valence-electron chi connectivity index (χ4n) is 1.33. The summed E-state index contributed by atoms with van der Waals surface area (Å²) in [6.45, 7) is 0. The first kappa shape index (κ1) is 14.5. The minimum Gasteiger partial charge on any atom is -0.279 e. The van der Waals surface area contributed by atoms with E-state index < -0.39 is 15.8 Å². The summed E-state index contributed by atoms with van der Waals surface area (Å²) in [7, 11) is -3.77. The van der Waals surface area contributed by atoms with Gasteiger partial charge >= 0.3 is 0 Å². The summed E-state index contributed by atoms with van der Waals surface area (Å²) in [5.74, 6) is -0.431. The minimum absolute atomic E-state index is 0.00683. The molecule has 0 atom stereocenters. The zero-order valence-corrected chi connectivity index (χ0v) is 13.0. The van der Waals surface area contributed by atoms with Gasteiger partial charge in [0.25, 0.3) is 10.0 Å². The lowest BCUT2D eigenvalue weighted by molar-refractivity contribution is 0.600. The Bertz CT molecular complexity index is 724. The first-order valence-electron chi connectivity index (χ1n) is 4.98. The van der Waals surface area contributed by atoms with Crippen LogP contribution < -0.4 is 4.72 Å². The number of anilines is 1. The first-order chi connectivity index (χ1) is 8.88. The van der Waals surface area contributed by atoms with Crippen molar-refractivity contribution >= 4 is 49.9 Å². The molecule has 0 unspecified atom stereocenters. The highest BCUT2D eigenvalue weighted by molar-refractivity contribution is 14.1. The number of hydrogen-bond donors (Lipinski definition) is 1. The normalized spacial score (nSPS) is 11.3. The maximum atomic E-state index is 12.9. The summed E-state index contributed by atoms with van der Waals surface area (Å²) < 4.78 is 40.0. The second kappa shape index (κ2) is 5.59. The van der Waals surface area contributed by atoms with E-state index in [1.807, 2.05) is 22.6 Å². The molecule has 100 valence electrons. The van der Waals surface area contributed by atoms with Crippen molar-refractivity contribution in [3.63, 3.8) is 0 Å². The first-order valence-corrected chi connectivity index (χ1v) is 7.92. The Labute approximate surface area is 128 Å². The number of rotatable bonds is 3. The minimum atomic E-state index is -3.77. The van der Waals surface area contributed by atoms with E-state index >= 15 is 0 Å². The van der Waals surface area contributed by atoms with Gasteiger partial charge in [-0.1, -0.05) is 11.6 Å². The van der Waals surface area contributed by atoms with E-state index in [1.165, 1.54) is 36.5 Å². The van der Waals surface area contributed by atoms with Crippen LogP contribution in [0, 0.1) is 9.39 Å². The molecule has 1 aromatic heterocycles. The lowest BCUT2D eigenvalue weighted by Gasteiger charge is -2.09. The van der Waals surface area contributed by atoms with Gasteiger partial charge in [0.1, 0.15) is 11.0 Å². The summed E-state index contributed by atoms with van der Waals surface area (Å²) >= 11 is 7.50. The van der Waals surface area contributed by atoms with Crippen molar-refractivity contribution in [2.45, 2.75) is 4.90 Å². The Hall–Kier alpha value is -0.930. The molecular formula is C11H7ClFIN2O2S. The van der Waals surface area contributed by atoms with Crippen LogP contribution in [0.2, 0.25) is 5.15 Å². The van der Waals surface area contributed by atoms with Crippen LogP contribution in [0.15, 0.2) is 41.4 Å². The zero-order valence-electron chi connectivity index (χ0n) is 9.27. The molecule has 8 heteroatoms. The number of halogens is 3. The van der Waals surface area contributed by atoms with Gasteiger partial charge in [0.05, 0.1) is 10.6 Å². The predicted octanol–water partition coefficient (Wildman–Crippen LogP) is 3.28. The van der Waals surface area contributed by atoms with Gasteiger partial charge in [0.15, 0.2) is 0 Å². The molecule has 2 aromatic rings. The summed E-state index contributed by atoms with van der Waals surface area (Å²) in [5.41, 5.74) is 0.301. The van der Waals surface area contributed by atoms with E-state index in [0.717, 1.165) is 0 Å². The van der Waals surface area contributed by atoms with E-state index in [1.54, 1.807) is 0 Å². The molecule has 0 fully saturated rings. The van der Waals surface area contributed by atoms with E-state index in [2.05, 4.69) is 9.71 Å². The quantitative estimate of drug-likeness (QED) is 0.622. The van der Waals surface area contributed by atoms with Crippen molar-refractivity contribution in [1.29, 1.82) is 0 Å². The molecule has 1 heterocycles. The van der Waals surface area contributed by atoms with Crippen LogP contribution in [0.5, 0.6) is 0 Å². The molecule has 1 aromatic carbocycles. The van der Waals surface area contributed by atoms with Gasteiger partial charge in [-0.15, -0.1) is 0 Å². The Morgan fingerprint density at radius 1 is 1.26 bits per heavy atom. The molecule has 4 nitrogen and oxygen atoms in total. The van der Waals surface area contributed by atoms with Gasteiger partial charge in [0, 0.05) is 9.77 Å². The standard InChI is InChI=1S/C11H7ClFIN2O2S/c12-11-6-8(3-4-15-11)19(17,18)16-10-2-1-7(13)5-9(10)14/h1-6,16H. The van der Waals surface area contributed by atoms with Gasteiger partial charge in [-0.05, 0) is 52.9 Å². The molecule has 19 heavy (non-hydrogen) atoms. The third-order valence-corrected chi connectivity index (χ3v) is 4.65. The Morgan fingerprint density at radius 2 is 2.00 bits per heavy atom. The molecule has 0 radical (unpaired) electrons. The number of nitrogens with zero attached hydrogens (tertiary/aromatic N) is 1. The Balaban J connectivity index is 2.36. The topological polar surface area (TPSA) is 59.1 Å². The summed E-state index contributed by atoms with van der Waals surface area (Å²) in [6, 6.07) is 6.33. The van der Waals surface area contributed by atoms with Crippen LogP contribution in [0.1, 0.15) is 0 Å². The number of nitrogens with one attached hydrogen (secondary N) is 1. The van der Waals surface area contributed by atoms with Gasteiger partial charge in [-0.25, -0.2) is 17.8 Å². The third-order valence-electron chi connectivity index (χ3n) is 2.18. The molecule has 0 aliphatic heterocycles. The van der Waals surface area contributed by atoms with Crippen molar-refractivity contribution in [3.05, 3.63) is 51.1 Å². The average Bonchev–Trinajstić information content (AvgIpc) is 2.33. The number of benzene rings is 1. The number of hydrogen-bond acceptors (Lipinski definition) is 3. The molecule has 1 N–H and O–H groups in total. The van der Waals surface area contributed by atoms with Crippen molar-refractivity contribution < 1.29 is 12.8 Å². The highest BCUT2D eigenvalue weighted by atomic mass is 127. The molecule has 0 bridgehead atoms. The maximum Gasteiger partial charge on any atom is 0.262 e. The average molecular weight is 413 g/mol. The molecule has 0 spiro atoms. The molecule has 2 rings (SSSR count). The summed E-state index contributed by atoms with van der Waals surface area (Å²) in [6.07, 6.45) is 1.30. The highest BCUT2D eigenvalue weighted by Gasteiger charge is 2.16. The van der Waals surface area contributed by atoms with Crippen molar-refractivity contribution in [2.75, 3.05) is 4.72 Å². The van der Waals surface area contributed by atoms with E-state index in [9.17, 15) is 12.8 Å². The van der Waals surface area contributed by atoms with Crippen LogP contribution in [-0.4, -0.2) is 13.4 Å². The zero-order chi connectivity index (χ0) is 14.0.